The molecule has 0 amide bonds. The van der Waals surface area contributed by atoms with E-state index in [9.17, 15) is 4.79 Å². The van der Waals surface area contributed by atoms with Gasteiger partial charge in [0.05, 0.1) is 12.2 Å². The number of anilines is 1. The fourth-order valence-corrected chi connectivity index (χ4v) is 3.06. The molecule has 2 atom stereocenters. The molecule has 132 valence electrons. The number of pyridine rings is 1. The molecule has 1 aromatic heterocycles. The Bertz CT molecular complexity index is 718. The second-order valence-electron chi connectivity index (χ2n) is 6.58. The summed E-state index contributed by atoms with van der Waals surface area (Å²) in [6.07, 6.45) is 1.52. The van der Waals surface area contributed by atoms with Crippen LogP contribution in [0.4, 0.5) is 5.82 Å². The fourth-order valence-electron chi connectivity index (χ4n) is 3.06. The van der Waals surface area contributed by atoms with Gasteiger partial charge in [-0.3, -0.25) is 0 Å². The van der Waals surface area contributed by atoms with Crippen LogP contribution in [0, 0.1) is 0 Å². The highest BCUT2D eigenvalue weighted by molar-refractivity contribution is 5.94. The number of rotatable bonds is 4. The summed E-state index contributed by atoms with van der Waals surface area (Å²) in [5, 5.41) is 0. The molecule has 0 N–H and O–H groups in total. The van der Waals surface area contributed by atoms with Crippen molar-refractivity contribution >= 4 is 11.8 Å². The lowest BCUT2D eigenvalue weighted by atomic mass is 10.1. The molecular weight excluding hydrogens is 316 g/mol. The molecule has 2 unspecified atom stereocenters. The van der Waals surface area contributed by atoms with Crippen molar-refractivity contribution in [3.63, 3.8) is 0 Å². The van der Waals surface area contributed by atoms with Gasteiger partial charge in [-0.2, -0.15) is 0 Å². The van der Waals surface area contributed by atoms with Crippen LogP contribution in [0.5, 0.6) is 0 Å². The van der Waals surface area contributed by atoms with E-state index in [-0.39, 0.29) is 24.3 Å². The van der Waals surface area contributed by atoms with Crippen molar-refractivity contribution in [2.45, 2.75) is 39.1 Å². The molecule has 1 fully saturated rings. The second kappa shape index (κ2) is 7.66. The molecule has 1 aliphatic rings. The molecule has 3 rings (SSSR count). The predicted octanol–water partition coefficient (Wildman–Crippen LogP) is 3.61. The van der Waals surface area contributed by atoms with Crippen LogP contribution in [0.15, 0.2) is 48.7 Å². The Morgan fingerprint density at radius 1 is 1.20 bits per heavy atom. The first kappa shape index (κ1) is 17.4. The SMILES string of the molecule is CC(C)OC(=O)c1cccnc1N1CC(C)OC(c2ccccc2)C1. The smallest absolute Gasteiger partial charge is 0.342 e. The van der Waals surface area contributed by atoms with E-state index in [0.717, 1.165) is 5.56 Å². The van der Waals surface area contributed by atoms with Crippen LogP contribution in [-0.4, -0.2) is 36.3 Å². The molecule has 1 aliphatic heterocycles. The van der Waals surface area contributed by atoms with Gasteiger partial charge in [0.2, 0.25) is 0 Å². The average molecular weight is 340 g/mol. The monoisotopic (exact) mass is 340 g/mol. The van der Waals surface area contributed by atoms with Gasteiger partial charge in [-0.25, -0.2) is 9.78 Å². The molecule has 2 heterocycles. The molecule has 5 heteroatoms. The third-order valence-corrected chi connectivity index (χ3v) is 4.08. The van der Waals surface area contributed by atoms with E-state index in [0.29, 0.717) is 24.5 Å². The minimum absolute atomic E-state index is 0.0370. The maximum Gasteiger partial charge on any atom is 0.342 e. The van der Waals surface area contributed by atoms with Crippen molar-refractivity contribution in [2.24, 2.45) is 0 Å². The lowest BCUT2D eigenvalue weighted by Crippen LogP contribution is -2.44. The number of hydrogen-bond donors (Lipinski definition) is 0. The molecule has 0 spiro atoms. The second-order valence-corrected chi connectivity index (χ2v) is 6.58. The highest BCUT2D eigenvalue weighted by atomic mass is 16.5. The first-order valence-electron chi connectivity index (χ1n) is 8.66. The third kappa shape index (κ3) is 4.17. The van der Waals surface area contributed by atoms with Gasteiger partial charge in [-0.05, 0) is 38.5 Å². The maximum atomic E-state index is 12.4. The minimum atomic E-state index is -0.339. The average Bonchev–Trinajstić information content (AvgIpc) is 2.61. The van der Waals surface area contributed by atoms with Gasteiger partial charge < -0.3 is 14.4 Å². The molecule has 25 heavy (non-hydrogen) atoms. The summed E-state index contributed by atoms with van der Waals surface area (Å²) < 4.78 is 11.5. The number of hydrogen-bond acceptors (Lipinski definition) is 5. The van der Waals surface area contributed by atoms with E-state index >= 15 is 0 Å². The summed E-state index contributed by atoms with van der Waals surface area (Å²) in [6.45, 7) is 7.05. The number of morpholine rings is 1. The maximum absolute atomic E-state index is 12.4. The largest absolute Gasteiger partial charge is 0.459 e. The summed E-state index contributed by atoms with van der Waals surface area (Å²) in [5.41, 5.74) is 1.62. The van der Waals surface area contributed by atoms with E-state index in [1.165, 1.54) is 0 Å². The number of aromatic nitrogens is 1. The first-order valence-corrected chi connectivity index (χ1v) is 8.66. The Kier molecular flexibility index (Phi) is 5.34. The standard InChI is InChI=1S/C20H24N2O3/c1-14(2)24-20(23)17-10-7-11-21-19(17)22-12-15(3)25-18(13-22)16-8-5-4-6-9-16/h4-11,14-15,18H,12-13H2,1-3H3. The molecule has 0 saturated carbocycles. The van der Waals surface area contributed by atoms with Gasteiger partial charge in [-0.1, -0.05) is 30.3 Å². The minimum Gasteiger partial charge on any atom is -0.459 e. The van der Waals surface area contributed by atoms with Crippen molar-refractivity contribution in [2.75, 3.05) is 18.0 Å². The zero-order valence-electron chi connectivity index (χ0n) is 14.9. The molecule has 1 aromatic carbocycles. The van der Waals surface area contributed by atoms with Gasteiger partial charge in [0, 0.05) is 19.3 Å². The highest BCUT2D eigenvalue weighted by Gasteiger charge is 2.30. The molecule has 1 saturated heterocycles. The summed E-state index contributed by atoms with van der Waals surface area (Å²) in [7, 11) is 0. The predicted molar refractivity (Wildman–Crippen MR) is 96.7 cm³/mol. The zero-order chi connectivity index (χ0) is 17.8. The summed E-state index contributed by atoms with van der Waals surface area (Å²) in [4.78, 5) is 19.0. The zero-order valence-corrected chi connectivity index (χ0v) is 14.9. The van der Waals surface area contributed by atoms with Crippen LogP contribution in [0.3, 0.4) is 0 Å². The van der Waals surface area contributed by atoms with Crippen molar-refractivity contribution in [3.8, 4) is 0 Å². The summed E-state index contributed by atoms with van der Waals surface area (Å²) in [6, 6.07) is 13.7. The Balaban J connectivity index is 1.87. The van der Waals surface area contributed by atoms with Gasteiger partial charge >= 0.3 is 5.97 Å². The van der Waals surface area contributed by atoms with Crippen LogP contribution >= 0.6 is 0 Å². The van der Waals surface area contributed by atoms with Crippen molar-refractivity contribution in [1.82, 2.24) is 4.98 Å². The van der Waals surface area contributed by atoms with Crippen LogP contribution < -0.4 is 4.90 Å². The molecule has 0 radical (unpaired) electrons. The topological polar surface area (TPSA) is 51.7 Å². The number of carbonyl (C=O) groups is 1. The summed E-state index contributed by atoms with van der Waals surface area (Å²) >= 11 is 0. The van der Waals surface area contributed by atoms with E-state index in [1.54, 1.807) is 18.3 Å². The number of ether oxygens (including phenoxy) is 2. The fraction of sp³-hybridized carbons (Fsp3) is 0.400. The quantitative estimate of drug-likeness (QED) is 0.796. The van der Waals surface area contributed by atoms with E-state index < -0.39 is 0 Å². The Morgan fingerprint density at radius 2 is 1.96 bits per heavy atom. The van der Waals surface area contributed by atoms with E-state index in [2.05, 4.69) is 22.0 Å². The van der Waals surface area contributed by atoms with Crippen LogP contribution in [0.1, 0.15) is 42.8 Å². The van der Waals surface area contributed by atoms with Crippen LogP contribution in [0.25, 0.3) is 0 Å². The Hall–Kier alpha value is -2.40. The van der Waals surface area contributed by atoms with Crippen molar-refractivity contribution in [1.29, 1.82) is 0 Å². The van der Waals surface area contributed by atoms with Crippen LogP contribution in [-0.2, 0) is 9.47 Å². The van der Waals surface area contributed by atoms with Gasteiger partial charge in [0.1, 0.15) is 17.5 Å². The van der Waals surface area contributed by atoms with E-state index in [4.69, 9.17) is 9.47 Å². The number of esters is 1. The first-order chi connectivity index (χ1) is 12.0. The van der Waals surface area contributed by atoms with Crippen molar-refractivity contribution < 1.29 is 14.3 Å². The molecular formula is C20H24N2O3. The summed E-state index contributed by atoms with van der Waals surface area (Å²) in [5.74, 6) is 0.317. The van der Waals surface area contributed by atoms with Gasteiger partial charge in [0.25, 0.3) is 0 Å². The normalized spacial score (nSPS) is 20.6. The molecule has 0 aliphatic carbocycles. The Morgan fingerprint density at radius 3 is 2.68 bits per heavy atom. The number of nitrogens with zero attached hydrogens (tertiary/aromatic N) is 2. The van der Waals surface area contributed by atoms with Crippen LogP contribution in [0.2, 0.25) is 0 Å². The lowest BCUT2D eigenvalue weighted by Gasteiger charge is -2.38. The van der Waals surface area contributed by atoms with E-state index in [1.807, 2.05) is 39.0 Å². The molecule has 5 nitrogen and oxygen atoms in total. The number of carbonyl (C=O) groups excluding carboxylic acids is 1. The Labute approximate surface area is 148 Å². The molecule has 2 aromatic rings. The van der Waals surface area contributed by atoms with Gasteiger partial charge in [-0.15, -0.1) is 0 Å². The molecule has 0 bridgehead atoms. The highest BCUT2D eigenvalue weighted by Crippen LogP contribution is 2.29. The number of benzene rings is 1. The van der Waals surface area contributed by atoms with Crippen molar-refractivity contribution in [3.05, 3.63) is 59.8 Å². The lowest BCUT2D eigenvalue weighted by molar-refractivity contribution is -0.0177. The third-order valence-electron chi connectivity index (χ3n) is 4.08. The van der Waals surface area contributed by atoms with Gasteiger partial charge in [0.15, 0.2) is 0 Å².